The second kappa shape index (κ2) is 10.4. The fraction of sp³-hybridized carbons (Fsp3) is 0.640. The molecule has 0 spiro atoms. The Morgan fingerprint density at radius 1 is 0.969 bits per heavy atom. The van der Waals surface area contributed by atoms with Crippen LogP contribution in [0.3, 0.4) is 0 Å². The van der Waals surface area contributed by atoms with Gasteiger partial charge in [-0.15, -0.1) is 0 Å². The van der Waals surface area contributed by atoms with E-state index in [1.165, 1.54) is 30.6 Å². The number of unbranched alkanes of at least 4 members (excludes halogenated alkanes) is 6. The highest BCUT2D eigenvalue weighted by atomic mass is 79.9. The van der Waals surface area contributed by atoms with Gasteiger partial charge in [0.2, 0.25) is 11.8 Å². The largest absolute Gasteiger partial charge is 0.426 e. The number of ether oxygens (including phenoxy) is 1. The van der Waals surface area contributed by atoms with Crippen molar-refractivity contribution in [3.8, 4) is 5.75 Å². The van der Waals surface area contributed by atoms with Crippen LogP contribution < -0.4 is 9.64 Å². The fourth-order valence-corrected chi connectivity index (χ4v) is 7.57. The van der Waals surface area contributed by atoms with E-state index in [4.69, 9.17) is 4.74 Å². The minimum Gasteiger partial charge on any atom is -0.426 e. The number of rotatable bonds is 10. The minimum absolute atomic E-state index is 0.122. The second-order valence-corrected chi connectivity index (χ2v) is 11.5. The van der Waals surface area contributed by atoms with Crippen LogP contribution in [0.1, 0.15) is 64.7 Å². The molecule has 2 aliphatic carbocycles. The molecular formula is C25H31Br2NO4. The second-order valence-electron chi connectivity index (χ2n) is 9.36. The molecule has 0 radical (unpaired) electrons. The number of hydrogen-bond acceptors (Lipinski definition) is 4. The molecule has 3 aliphatic rings. The van der Waals surface area contributed by atoms with Crippen LogP contribution in [0.2, 0.25) is 0 Å². The molecule has 2 bridgehead atoms. The van der Waals surface area contributed by atoms with Crippen LogP contribution in [0.15, 0.2) is 24.3 Å². The van der Waals surface area contributed by atoms with E-state index in [-0.39, 0.29) is 51.1 Å². The van der Waals surface area contributed by atoms with Crippen molar-refractivity contribution in [2.45, 2.75) is 74.4 Å². The van der Waals surface area contributed by atoms with Crippen molar-refractivity contribution in [3.63, 3.8) is 0 Å². The lowest BCUT2D eigenvalue weighted by Crippen LogP contribution is -2.37. The Morgan fingerprint density at radius 3 is 2.19 bits per heavy atom. The van der Waals surface area contributed by atoms with Crippen LogP contribution >= 0.6 is 31.9 Å². The summed E-state index contributed by atoms with van der Waals surface area (Å²) in [5.74, 6) is -0.284. The summed E-state index contributed by atoms with van der Waals surface area (Å²) in [6, 6.07) is 6.81. The summed E-state index contributed by atoms with van der Waals surface area (Å²) in [5, 5.41) is 0. The van der Waals surface area contributed by atoms with Crippen LogP contribution in [0.5, 0.6) is 5.75 Å². The minimum atomic E-state index is -0.269. The maximum Gasteiger partial charge on any atom is 0.311 e. The molecule has 1 saturated heterocycles. The Labute approximate surface area is 206 Å². The lowest BCUT2D eigenvalue weighted by Gasteiger charge is -2.28. The quantitative estimate of drug-likeness (QED) is 0.114. The monoisotopic (exact) mass is 567 g/mol. The van der Waals surface area contributed by atoms with Gasteiger partial charge in [-0.25, -0.2) is 4.90 Å². The van der Waals surface area contributed by atoms with Crippen molar-refractivity contribution in [2.24, 2.45) is 23.7 Å². The number of carbonyl (C=O) groups excluding carboxylic acids is 3. The van der Waals surface area contributed by atoms with E-state index >= 15 is 0 Å². The number of esters is 1. The lowest BCUT2D eigenvalue weighted by atomic mass is 9.81. The highest BCUT2D eigenvalue weighted by Gasteiger charge is 2.66. The molecule has 6 atom stereocenters. The first-order valence-electron chi connectivity index (χ1n) is 11.9. The van der Waals surface area contributed by atoms with Crippen molar-refractivity contribution in [3.05, 3.63) is 24.3 Å². The molecule has 4 rings (SSSR count). The van der Waals surface area contributed by atoms with Crippen LogP contribution in [0.4, 0.5) is 5.69 Å². The molecule has 0 N–H and O–H groups in total. The predicted molar refractivity (Wildman–Crippen MR) is 131 cm³/mol. The summed E-state index contributed by atoms with van der Waals surface area (Å²) < 4.78 is 5.51. The van der Waals surface area contributed by atoms with Gasteiger partial charge in [-0.05, 0) is 36.8 Å². The molecule has 1 aromatic carbocycles. The van der Waals surface area contributed by atoms with E-state index in [2.05, 4.69) is 38.8 Å². The highest BCUT2D eigenvalue weighted by molar-refractivity contribution is 9.12. The molecule has 7 heteroatoms. The zero-order valence-corrected chi connectivity index (χ0v) is 21.6. The van der Waals surface area contributed by atoms with Crippen LogP contribution in [-0.2, 0) is 14.4 Å². The van der Waals surface area contributed by atoms with Crippen molar-refractivity contribution in [2.75, 3.05) is 4.90 Å². The average Bonchev–Trinajstić information content (AvgIpc) is 3.38. The lowest BCUT2D eigenvalue weighted by molar-refractivity contribution is -0.134. The fourth-order valence-electron chi connectivity index (χ4n) is 5.70. The van der Waals surface area contributed by atoms with Crippen molar-refractivity contribution in [1.82, 2.24) is 0 Å². The molecule has 1 aromatic rings. The van der Waals surface area contributed by atoms with Gasteiger partial charge in [0.05, 0.1) is 17.5 Å². The Balaban J connectivity index is 1.34. The molecule has 2 amide bonds. The molecule has 32 heavy (non-hydrogen) atoms. The highest BCUT2D eigenvalue weighted by Crippen LogP contribution is 2.60. The number of imide groups is 1. The molecule has 1 heterocycles. The number of anilines is 1. The Bertz CT molecular complexity index is 843. The van der Waals surface area contributed by atoms with E-state index in [1.54, 1.807) is 24.3 Å². The Morgan fingerprint density at radius 2 is 1.56 bits per heavy atom. The molecule has 1 aliphatic heterocycles. The molecule has 3 fully saturated rings. The summed E-state index contributed by atoms with van der Waals surface area (Å²) >= 11 is 7.43. The number of benzene rings is 1. The van der Waals surface area contributed by atoms with E-state index in [1.807, 2.05) is 0 Å². The van der Waals surface area contributed by atoms with Crippen LogP contribution in [-0.4, -0.2) is 27.4 Å². The Hall–Kier alpha value is -1.21. The number of alkyl halides is 2. The van der Waals surface area contributed by atoms with Crippen molar-refractivity contribution < 1.29 is 19.1 Å². The first kappa shape index (κ1) is 23.9. The smallest absolute Gasteiger partial charge is 0.311 e. The van der Waals surface area contributed by atoms with Crippen molar-refractivity contribution in [1.29, 1.82) is 0 Å². The molecule has 5 nitrogen and oxygen atoms in total. The molecular weight excluding hydrogens is 538 g/mol. The zero-order valence-electron chi connectivity index (χ0n) is 18.5. The summed E-state index contributed by atoms with van der Waals surface area (Å²) in [7, 11) is 0. The van der Waals surface area contributed by atoms with Gasteiger partial charge in [0.1, 0.15) is 5.75 Å². The molecule has 0 aromatic heterocycles. The topological polar surface area (TPSA) is 63.7 Å². The standard InChI is InChI=1S/C25H31Br2NO4/c1-2-3-4-5-6-7-8-12-19(29)32-16-11-9-10-15(13-16)28-24(30)20-17-14-18(21(20)25(28)31)23(27)22(17)26/h9-11,13,17-18,20-23H,2-8,12,14H2,1H3. The first-order valence-corrected chi connectivity index (χ1v) is 13.7. The third kappa shape index (κ3) is 4.56. The van der Waals surface area contributed by atoms with Crippen LogP contribution in [0, 0.1) is 23.7 Å². The molecule has 174 valence electrons. The van der Waals surface area contributed by atoms with Gasteiger partial charge in [0.15, 0.2) is 0 Å². The average molecular weight is 569 g/mol. The normalized spacial score (nSPS) is 30.8. The molecule has 6 unspecified atom stereocenters. The number of carbonyl (C=O) groups is 3. The summed E-state index contributed by atoms with van der Waals surface area (Å²) in [4.78, 5) is 40.4. The predicted octanol–water partition coefficient (Wildman–Crippen LogP) is 6.02. The van der Waals surface area contributed by atoms with Gasteiger partial charge in [0.25, 0.3) is 0 Å². The van der Waals surface area contributed by atoms with Crippen molar-refractivity contribution >= 4 is 55.3 Å². The number of fused-ring (bicyclic) bond motifs is 5. The van der Waals surface area contributed by atoms with E-state index < -0.39 is 0 Å². The first-order chi connectivity index (χ1) is 15.4. The maximum absolute atomic E-state index is 13.2. The number of nitrogens with zero attached hydrogens (tertiary/aromatic N) is 1. The molecule has 2 saturated carbocycles. The SMILES string of the molecule is CCCCCCCCCC(=O)Oc1cccc(N2C(=O)C3C4CC(C(Br)C4Br)C3C2=O)c1. The van der Waals surface area contributed by atoms with Gasteiger partial charge in [0, 0.05) is 22.1 Å². The summed E-state index contributed by atoms with van der Waals surface area (Å²) in [6.07, 6.45) is 9.28. The van der Waals surface area contributed by atoms with E-state index in [0.29, 0.717) is 17.9 Å². The van der Waals surface area contributed by atoms with Gasteiger partial charge in [-0.2, -0.15) is 0 Å². The zero-order chi connectivity index (χ0) is 22.8. The number of halogens is 2. The number of hydrogen-bond donors (Lipinski definition) is 0. The van der Waals surface area contributed by atoms with E-state index in [9.17, 15) is 14.4 Å². The summed E-state index contributed by atoms with van der Waals surface area (Å²) in [6.45, 7) is 2.20. The van der Waals surface area contributed by atoms with E-state index in [0.717, 1.165) is 25.7 Å². The van der Waals surface area contributed by atoms with Crippen LogP contribution in [0.25, 0.3) is 0 Å². The van der Waals surface area contributed by atoms with Gasteiger partial charge in [-0.3, -0.25) is 14.4 Å². The third-order valence-electron chi connectivity index (χ3n) is 7.28. The van der Waals surface area contributed by atoms with Gasteiger partial charge < -0.3 is 4.74 Å². The van der Waals surface area contributed by atoms with Gasteiger partial charge in [-0.1, -0.05) is 83.4 Å². The summed E-state index contributed by atoms with van der Waals surface area (Å²) in [5.41, 5.74) is 0.493. The Kier molecular flexibility index (Phi) is 7.76. The van der Waals surface area contributed by atoms with Gasteiger partial charge >= 0.3 is 5.97 Å². The number of amides is 2. The maximum atomic E-state index is 13.2. The third-order valence-corrected chi connectivity index (χ3v) is 10.5.